The van der Waals surface area contributed by atoms with Crippen molar-refractivity contribution in [3.63, 3.8) is 0 Å². The van der Waals surface area contributed by atoms with Crippen LogP contribution in [0.25, 0.3) is 0 Å². The fraction of sp³-hybridized carbons (Fsp3) is 0.529. The van der Waals surface area contributed by atoms with Crippen LogP contribution in [-0.4, -0.2) is 57.1 Å². The first kappa shape index (κ1) is 36.6. The zero-order valence-electron chi connectivity index (χ0n) is 27.9. The number of hydrogen-bond acceptors (Lipinski definition) is 9. The summed E-state index contributed by atoms with van der Waals surface area (Å²) in [6, 6.07) is 11.6. The third-order valence-electron chi connectivity index (χ3n) is 9.89. The molecule has 0 bridgehead atoms. The lowest BCUT2D eigenvalue weighted by atomic mass is 9.66. The maximum absolute atomic E-state index is 13.3. The van der Waals surface area contributed by atoms with E-state index in [4.69, 9.17) is 20.8 Å². The molecule has 1 aromatic carbocycles. The van der Waals surface area contributed by atoms with E-state index < -0.39 is 19.7 Å². The fourth-order valence-electron chi connectivity index (χ4n) is 6.06. The summed E-state index contributed by atoms with van der Waals surface area (Å²) in [6.45, 7) is 12.0. The van der Waals surface area contributed by atoms with Crippen molar-refractivity contribution in [1.82, 2.24) is 4.90 Å². The molecule has 1 saturated carbocycles. The van der Waals surface area contributed by atoms with Crippen LogP contribution in [0.3, 0.4) is 0 Å². The van der Waals surface area contributed by atoms with Gasteiger partial charge in [-0.1, -0.05) is 44.5 Å². The Balaban J connectivity index is 1.35. The molecule has 0 radical (unpaired) electrons. The number of benzene rings is 1. The minimum absolute atomic E-state index is 0.0234. The van der Waals surface area contributed by atoms with Gasteiger partial charge in [0, 0.05) is 40.4 Å². The average molecular weight is 707 g/mol. The SMILES string of the molecule is COc1cc(NC(=O)CCN(C)[C@H]2CC[C@H](C(C(=O)OO)(c3cccs3)c3cccs3)CC2)c(Cl)cc1CO[Si](C)(C)C(C)(C)C. The van der Waals surface area contributed by atoms with Crippen molar-refractivity contribution in [2.45, 2.75) is 89.1 Å². The Morgan fingerprint density at radius 2 is 1.67 bits per heavy atom. The first-order chi connectivity index (χ1) is 21.7. The lowest BCUT2D eigenvalue weighted by molar-refractivity contribution is -0.241. The molecule has 8 nitrogen and oxygen atoms in total. The molecule has 252 valence electrons. The number of rotatable bonds is 13. The molecule has 1 aliphatic carbocycles. The van der Waals surface area contributed by atoms with E-state index in [-0.39, 0.29) is 22.9 Å². The second-order valence-corrected chi connectivity index (χ2v) is 20.7. The van der Waals surface area contributed by atoms with Crippen LogP contribution < -0.4 is 10.1 Å². The number of halogens is 1. The first-order valence-corrected chi connectivity index (χ1v) is 20.7. The average Bonchev–Trinajstić information content (AvgIpc) is 3.76. The third-order valence-corrected chi connectivity index (χ3v) is 16.7. The van der Waals surface area contributed by atoms with E-state index in [1.807, 2.05) is 48.1 Å². The highest BCUT2D eigenvalue weighted by atomic mass is 35.5. The fourth-order valence-corrected chi connectivity index (χ4v) is 9.32. The molecule has 46 heavy (non-hydrogen) atoms. The van der Waals surface area contributed by atoms with E-state index in [2.05, 4.69) is 49.0 Å². The van der Waals surface area contributed by atoms with E-state index in [1.54, 1.807) is 13.2 Å². The quantitative estimate of drug-likeness (QED) is 0.104. The van der Waals surface area contributed by atoms with Crippen molar-refractivity contribution in [2.24, 2.45) is 5.92 Å². The number of nitrogens with one attached hydrogen (secondary N) is 1. The molecule has 4 rings (SSSR count). The lowest BCUT2D eigenvalue weighted by Crippen LogP contribution is -2.47. The number of hydrogen-bond donors (Lipinski definition) is 2. The molecule has 0 unspecified atom stereocenters. The normalized spacial score (nSPS) is 17.6. The summed E-state index contributed by atoms with van der Waals surface area (Å²) in [5.74, 6) is -0.157. The number of thiophene rings is 2. The minimum atomic E-state index is -1.97. The van der Waals surface area contributed by atoms with Crippen molar-refractivity contribution in [2.75, 3.05) is 26.0 Å². The van der Waals surface area contributed by atoms with E-state index in [0.717, 1.165) is 41.0 Å². The summed E-state index contributed by atoms with van der Waals surface area (Å²) in [6.07, 6.45) is 3.60. The Morgan fingerprint density at radius 3 is 2.17 bits per heavy atom. The number of carbonyl (C=O) groups is 2. The van der Waals surface area contributed by atoms with Crippen molar-refractivity contribution in [3.05, 3.63) is 67.5 Å². The van der Waals surface area contributed by atoms with Gasteiger partial charge in [-0.25, -0.2) is 4.79 Å². The topological polar surface area (TPSA) is 97.3 Å². The number of ether oxygens (including phenoxy) is 1. The molecule has 1 aliphatic rings. The Morgan fingerprint density at radius 1 is 1.07 bits per heavy atom. The standard InChI is InChI=1S/C34H47ClN2O6S2Si/c1-33(2,3)46(6,7)42-22-23-20-26(35)27(21-28(23)41-5)36-31(38)16-17-37(4)25-14-12-24(13-15-25)34(32(39)43-40,29-10-8-18-44-29)30-11-9-19-45-30/h8-11,18-21,24-25,40H,12-17,22H2,1-7H3,(H,36,38)/t24-,25-. The van der Waals surface area contributed by atoms with Gasteiger partial charge in [0.1, 0.15) is 11.2 Å². The van der Waals surface area contributed by atoms with E-state index in [1.165, 1.54) is 22.7 Å². The second kappa shape index (κ2) is 15.3. The Bertz CT molecular complexity index is 1420. The van der Waals surface area contributed by atoms with E-state index >= 15 is 0 Å². The van der Waals surface area contributed by atoms with Gasteiger partial charge in [-0.05, 0) is 85.7 Å². The van der Waals surface area contributed by atoms with Gasteiger partial charge in [0.2, 0.25) is 5.91 Å². The largest absolute Gasteiger partial charge is 0.496 e. The van der Waals surface area contributed by atoms with Crippen LogP contribution in [0, 0.1) is 5.92 Å². The van der Waals surface area contributed by atoms with Crippen LogP contribution in [0.15, 0.2) is 47.2 Å². The van der Waals surface area contributed by atoms with Gasteiger partial charge in [0.05, 0.1) is 24.4 Å². The summed E-state index contributed by atoms with van der Waals surface area (Å²) in [5.41, 5.74) is 0.324. The molecule has 0 saturated heterocycles. The smallest absolute Gasteiger partial charge is 0.358 e. The Hall–Kier alpha value is -2.25. The van der Waals surface area contributed by atoms with Crippen LogP contribution in [0.4, 0.5) is 5.69 Å². The van der Waals surface area contributed by atoms with Gasteiger partial charge in [-0.15, -0.1) is 22.7 Å². The summed E-state index contributed by atoms with van der Waals surface area (Å²) < 4.78 is 12.0. The maximum Gasteiger partial charge on any atom is 0.358 e. The molecular weight excluding hydrogens is 660 g/mol. The minimum Gasteiger partial charge on any atom is -0.496 e. The van der Waals surface area contributed by atoms with Gasteiger partial charge in [0.15, 0.2) is 8.32 Å². The second-order valence-electron chi connectivity index (χ2n) is 13.6. The highest BCUT2D eigenvalue weighted by Gasteiger charge is 2.53. The molecule has 0 aliphatic heterocycles. The van der Waals surface area contributed by atoms with Crippen molar-refractivity contribution in [1.29, 1.82) is 0 Å². The number of carbonyl (C=O) groups excluding carboxylic acids is 2. The molecule has 0 spiro atoms. The summed E-state index contributed by atoms with van der Waals surface area (Å²) in [4.78, 5) is 34.8. The Kier molecular flexibility index (Phi) is 12.2. The molecule has 2 heterocycles. The lowest BCUT2D eigenvalue weighted by Gasteiger charge is -2.42. The first-order valence-electron chi connectivity index (χ1n) is 15.7. The zero-order valence-corrected chi connectivity index (χ0v) is 31.2. The summed E-state index contributed by atoms with van der Waals surface area (Å²) >= 11 is 9.63. The van der Waals surface area contributed by atoms with E-state index in [9.17, 15) is 14.8 Å². The molecule has 2 N–H and O–H groups in total. The number of anilines is 1. The zero-order chi connectivity index (χ0) is 33.7. The molecule has 1 amide bonds. The predicted octanol–water partition coefficient (Wildman–Crippen LogP) is 8.82. The van der Waals surface area contributed by atoms with E-state index in [0.29, 0.717) is 36.0 Å². The van der Waals surface area contributed by atoms with Crippen molar-refractivity contribution >= 4 is 60.2 Å². The van der Waals surface area contributed by atoms with Crippen molar-refractivity contribution in [3.8, 4) is 5.75 Å². The monoisotopic (exact) mass is 706 g/mol. The van der Waals surface area contributed by atoms with Crippen LogP contribution in [-0.2, 0) is 30.9 Å². The van der Waals surface area contributed by atoms with Crippen LogP contribution >= 0.6 is 34.3 Å². The van der Waals surface area contributed by atoms with Gasteiger partial charge in [-0.2, -0.15) is 5.26 Å². The molecule has 2 aromatic heterocycles. The molecule has 3 aromatic rings. The Labute approximate surface area is 287 Å². The third kappa shape index (κ3) is 7.89. The maximum atomic E-state index is 13.3. The number of methoxy groups -OCH3 is 1. The van der Waals surface area contributed by atoms with Gasteiger partial charge in [0.25, 0.3) is 0 Å². The predicted molar refractivity (Wildman–Crippen MR) is 190 cm³/mol. The number of amides is 1. The van der Waals surface area contributed by atoms with Crippen LogP contribution in [0.5, 0.6) is 5.75 Å². The summed E-state index contributed by atoms with van der Waals surface area (Å²) in [7, 11) is 1.68. The highest BCUT2D eigenvalue weighted by Crippen LogP contribution is 2.50. The van der Waals surface area contributed by atoms with Gasteiger partial charge < -0.3 is 19.4 Å². The number of nitrogens with zero attached hydrogens (tertiary/aromatic N) is 1. The molecule has 1 fully saturated rings. The van der Waals surface area contributed by atoms with Crippen LogP contribution in [0.1, 0.15) is 68.2 Å². The molecule has 0 atom stereocenters. The van der Waals surface area contributed by atoms with Gasteiger partial charge in [-0.3, -0.25) is 9.68 Å². The highest BCUT2D eigenvalue weighted by molar-refractivity contribution is 7.12. The molecular formula is C34H47ClN2O6S2Si. The summed E-state index contributed by atoms with van der Waals surface area (Å²) in [5, 5.41) is 17.0. The van der Waals surface area contributed by atoms with Gasteiger partial charge >= 0.3 is 5.97 Å². The molecule has 12 heteroatoms. The van der Waals surface area contributed by atoms with Crippen molar-refractivity contribution < 1.29 is 28.9 Å². The van der Waals surface area contributed by atoms with Crippen LogP contribution in [0.2, 0.25) is 23.2 Å².